The Kier molecular flexibility index (Phi) is 5.81. The van der Waals surface area contributed by atoms with Crippen LogP contribution >= 0.6 is 11.9 Å². The number of carbonyl (C=O) groups is 1. The van der Waals surface area contributed by atoms with Crippen molar-refractivity contribution in [3.63, 3.8) is 0 Å². The molecular formula is C22H28N6O2S. The number of rotatable bonds is 7. The summed E-state index contributed by atoms with van der Waals surface area (Å²) < 4.78 is 10.4. The monoisotopic (exact) mass is 440 g/mol. The molecule has 0 aromatic carbocycles. The minimum absolute atomic E-state index is 0.00644. The van der Waals surface area contributed by atoms with E-state index in [4.69, 9.17) is 10.5 Å². The molecule has 3 aromatic rings. The quantitative estimate of drug-likeness (QED) is 0.484. The highest BCUT2D eigenvalue weighted by molar-refractivity contribution is 7.96. The molecule has 3 aromatic heterocycles. The number of anilines is 1. The number of pyridine rings is 1. The average molecular weight is 441 g/mol. The molecule has 0 spiro atoms. The van der Waals surface area contributed by atoms with Gasteiger partial charge in [-0.05, 0) is 31.2 Å². The number of fused-ring (bicyclic) bond motifs is 1. The lowest BCUT2D eigenvalue weighted by Crippen LogP contribution is -2.42. The number of nitrogens with one attached hydrogen (secondary N) is 2. The van der Waals surface area contributed by atoms with Crippen molar-refractivity contribution >= 4 is 29.1 Å². The van der Waals surface area contributed by atoms with Gasteiger partial charge in [-0.25, -0.2) is 9.50 Å². The number of methoxy groups -OCH3 is 1. The van der Waals surface area contributed by atoms with Crippen molar-refractivity contribution < 1.29 is 9.53 Å². The standard InChI is InChI=1S/C22H28N6O2S/c1-22(2)17(6-7-18(22)27-31-4)26-20-15(21(23)29)11-25-28-12-14(9-16(20)28)13-5-8-19(30-3)24-10-13/h5,8-12,17-18,26-27H,6-7H2,1-4H3,(H2,23,29)/t17-,18+/m1/s1. The summed E-state index contributed by atoms with van der Waals surface area (Å²) in [6, 6.07) is 6.33. The van der Waals surface area contributed by atoms with Crippen LogP contribution in [0.3, 0.4) is 0 Å². The molecule has 164 valence electrons. The van der Waals surface area contributed by atoms with Crippen molar-refractivity contribution in [3.8, 4) is 17.0 Å². The van der Waals surface area contributed by atoms with Crippen molar-refractivity contribution in [2.45, 2.75) is 38.8 Å². The molecule has 9 heteroatoms. The molecule has 0 radical (unpaired) electrons. The first-order valence-electron chi connectivity index (χ1n) is 10.2. The Morgan fingerprint density at radius 3 is 2.68 bits per heavy atom. The molecule has 1 saturated carbocycles. The fourth-order valence-electron chi connectivity index (χ4n) is 4.33. The minimum Gasteiger partial charge on any atom is -0.481 e. The fraction of sp³-hybridized carbons (Fsp3) is 0.409. The lowest BCUT2D eigenvalue weighted by atomic mass is 9.84. The van der Waals surface area contributed by atoms with E-state index in [1.54, 1.807) is 29.8 Å². The number of carbonyl (C=O) groups excluding carboxylic acids is 1. The third kappa shape index (κ3) is 3.95. The summed E-state index contributed by atoms with van der Waals surface area (Å²) in [7, 11) is 1.59. The normalized spacial score (nSPS) is 20.1. The highest BCUT2D eigenvalue weighted by Crippen LogP contribution is 2.41. The minimum atomic E-state index is -0.499. The topological polar surface area (TPSA) is 107 Å². The van der Waals surface area contributed by atoms with Gasteiger partial charge in [-0.15, -0.1) is 0 Å². The van der Waals surface area contributed by atoms with Gasteiger partial charge < -0.3 is 15.8 Å². The van der Waals surface area contributed by atoms with Crippen LogP contribution in [-0.2, 0) is 0 Å². The van der Waals surface area contributed by atoms with E-state index in [9.17, 15) is 4.79 Å². The summed E-state index contributed by atoms with van der Waals surface area (Å²) in [5.74, 6) is 0.0573. The molecule has 0 saturated heterocycles. The molecule has 1 aliphatic rings. The molecule has 3 heterocycles. The van der Waals surface area contributed by atoms with Crippen molar-refractivity contribution in [2.75, 3.05) is 18.7 Å². The lowest BCUT2D eigenvalue weighted by Gasteiger charge is -2.34. The zero-order chi connectivity index (χ0) is 22.2. The molecule has 2 atom stereocenters. The maximum absolute atomic E-state index is 12.2. The molecule has 1 fully saturated rings. The van der Waals surface area contributed by atoms with Crippen molar-refractivity contribution in [1.29, 1.82) is 0 Å². The molecule has 4 N–H and O–H groups in total. The van der Waals surface area contributed by atoms with Gasteiger partial charge in [0, 0.05) is 47.1 Å². The van der Waals surface area contributed by atoms with Crippen LogP contribution in [0, 0.1) is 5.41 Å². The first-order chi connectivity index (χ1) is 14.8. The highest BCUT2D eigenvalue weighted by Gasteiger charge is 2.43. The second kappa shape index (κ2) is 8.39. The van der Waals surface area contributed by atoms with Gasteiger partial charge in [-0.2, -0.15) is 5.10 Å². The van der Waals surface area contributed by atoms with Crippen LogP contribution in [0.4, 0.5) is 5.69 Å². The van der Waals surface area contributed by atoms with Crippen LogP contribution in [0.25, 0.3) is 16.6 Å². The average Bonchev–Trinajstić information content (AvgIpc) is 3.30. The molecule has 1 aliphatic carbocycles. The summed E-state index contributed by atoms with van der Waals surface area (Å²) in [6.07, 6.45) is 9.31. The zero-order valence-corrected chi connectivity index (χ0v) is 19.0. The molecule has 0 unspecified atom stereocenters. The van der Waals surface area contributed by atoms with Crippen LogP contribution in [0.15, 0.2) is 36.8 Å². The maximum Gasteiger partial charge on any atom is 0.252 e. The van der Waals surface area contributed by atoms with Gasteiger partial charge in [0.05, 0.1) is 30.1 Å². The van der Waals surface area contributed by atoms with E-state index in [0.717, 1.165) is 35.2 Å². The SMILES string of the molecule is COc1ccc(-c2cc3c(N[C@@H]4CC[C@H](NSC)C4(C)C)c(C(N)=O)cnn3c2)cn1. The van der Waals surface area contributed by atoms with Gasteiger partial charge in [0.15, 0.2) is 0 Å². The molecular weight excluding hydrogens is 412 g/mol. The lowest BCUT2D eigenvalue weighted by molar-refractivity contribution is 0.100. The number of primary amides is 1. The van der Waals surface area contributed by atoms with Crippen LogP contribution in [0.1, 0.15) is 37.0 Å². The number of aromatic nitrogens is 3. The number of nitrogens with two attached hydrogens (primary N) is 1. The van der Waals surface area contributed by atoms with Crippen molar-refractivity contribution in [3.05, 3.63) is 42.4 Å². The molecule has 8 nitrogen and oxygen atoms in total. The van der Waals surface area contributed by atoms with Gasteiger partial charge in [0.1, 0.15) is 0 Å². The van der Waals surface area contributed by atoms with Crippen LogP contribution < -0.4 is 20.5 Å². The van der Waals surface area contributed by atoms with E-state index >= 15 is 0 Å². The van der Waals surface area contributed by atoms with Gasteiger partial charge >= 0.3 is 0 Å². The summed E-state index contributed by atoms with van der Waals surface area (Å²) in [5.41, 5.74) is 9.49. The number of hydrogen-bond acceptors (Lipinski definition) is 7. The van der Waals surface area contributed by atoms with Crippen molar-refractivity contribution in [2.24, 2.45) is 11.1 Å². The van der Waals surface area contributed by atoms with E-state index in [1.165, 1.54) is 6.20 Å². The van der Waals surface area contributed by atoms with Gasteiger partial charge in [-0.1, -0.05) is 25.8 Å². The van der Waals surface area contributed by atoms with E-state index in [2.05, 4.69) is 34.0 Å². The molecule has 4 rings (SSSR count). The largest absolute Gasteiger partial charge is 0.481 e. The second-order valence-electron chi connectivity index (χ2n) is 8.42. The Morgan fingerprint density at radius 2 is 2.03 bits per heavy atom. The molecule has 0 aliphatic heterocycles. The van der Waals surface area contributed by atoms with E-state index in [0.29, 0.717) is 17.5 Å². The van der Waals surface area contributed by atoms with Gasteiger partial charge in [0.2, 0.25) is 5.88 Å². The van der Waals surface area contributed by atoms with E-state index < -0.39 is 5.91 Å². The number of amides is 1. The Hall–Kier alpha value is -2.78. The number of ether oxygens (including phenoxy) is 1. The Labute approximate surface area is 186 Å². The first-order valence-corrected chi connectivity index (χ1v) is 11.4. The highest BCUT2D eigenvalue weighted by atomic mass is 32.2. The third-order valence-corrected chi connectivity index (χ3v) is 6.82. The van der Waals surface area contributed by atoms with Gasteiger partial charge in [-0.3, -0.25) is 9.52 Å². The first kappa shape index (κ1) is 21.5. The summed E-state index contributed by atoms with van der Waals surface area (Å²) >= 11 is 1.64. The summed E-state index contributed by atoms with van der Waals surface area (Å²) in [6.45, 7) is 4.50. The predicted molar refractivity (Wildman–Crippen MR) is 124 cm³/mol. The maximum atomic E-state index is 12.2. The Bertz CT molecular complexity index is 1100. The molecule has 0 bridgehead atoms. The van der Waals surface area contributed by atoms with E-state index in [-0.39, 0.29) is 11.5 Å². The fourth-order valence-corrected chi connectivity index (χ4v) is 5.04. The molecule has 31 heavy (non-hydrogen) atoms. The number of nitrogens with zero attached hydrogens (tertiary/aromatic N) is 3. The van der Waals surface area contributed by atoms with Gasteiger partial charge in [0.25, 0.3) is 5.91 Å². The predicted octanol–water partition coefficient (Wildman–Crippen LogP) is 3.34. The summed E-state index contributed by atoms with van der Waals surface area (Å²) in [5, 5.41) is 8.06. The summed E-state index contributed by atoms with van der Waals surface area (Å²) in [4.78, 5) is 16.5. The zero-order valence-electron chi connectivity index (χ0n) is 18.2. The Morgan fingerprint density at radius 1 is 1.26 bits per heavy atom. The van der Waals surface area contributed by atoms with Crippen LogP contribution in [-0.4, -0.2) is 46.0 Å². The van der Waals surface area contributed by atoms with Crippen LogP contribution in [0.5, 0.6) is 5.88 Å². The Balaban J connectivity index is 1.75. The second-order valence-corrected chi connectivity index (χ2v) is 9.06. The van der Waals surface area contributed by atoms with Crippen molar-refractivity contribution in [1.82, 2.24) is 19.3 Å². The third-order valence-electron chi connectivity index (χ3n) is 6.30. The van der Waals surface area contributed by atoms with E-state index in [1.807, 2.05) is 30.7 Å². The number of hydrogen-bond donors (Lipinski definition) is 3. The van der Waals surface area contributed by atoms with Crippen LogP contribution in [0.2, 0.25) is 0 Å². The smallest absolute Gasteiger partial charge is 0.252 e. The molecule has 1 amide bonds.